The lowest BCUT2D eigenvalue weighted by atomic mass is 9.79. The Kier molecular flexibility index (Phi) is 5.36. The molecule has 1 amide bonds. The highest BCUT2D eigenvalue weighted by Gasteiger charge is 2.39. The minimum absolute atomic E-state index is 0.119. The standard InChI is InChI=1S/C12H26N4O/c1-14-12(6-4-10(13)5-7-12)11(17)15-8-9-16(2)3/h10,14H,4-9,13H2,1-3H3,(H,15,17). The van der Waals surface area contributed by atoms with Crippen LogP contribution in [-0.2, 0) is 4.79 Å². The Balaban J connectivity index is 2.46. The summed E-state index contributed by atoms with van der Waals surface area (Å²) in [6, 6.07) is 0.256. The number of likely N-dealkylation sites (N-methyl/N-ethyl adjacent to an activating group) is 2. The van der Waals surface area contributed by atoms with E-state index >= 15 is 0 Å². The lowest BCUT2D eigenvalue weighted by Gasteiger charge is -2.37. The first-order valence-electron chi connectivity index (χ1n) is 6.38. The molecule has 0 radical (unpaired) electrons. The molecule has 100 valence electrons. The Bertz CT molecular complexity index is 247. The van der Waals surface area contributed by atoms with Gasteiger partial charge in [-0.3, -0.25) is 4.79 Å². The lowest BCUT2D eigenvalue weighted by Crippen LogP contribution is -2.59. The molecule has 0 bridgehead atoms. The Labute approximate surface area is 104 Å². The number of nitrogens with two attached hydrogens (primary N) is 1. The zero-order valence-electron chi connectivity index (χ0n) is 11.3. The van der Waals surface area contributed by atoms with Crippen molar-refractivity contribution in [3.8, 4) is 0 Å². The predicted octanol–water partition coefficient (Wildman–Crippen LogP) is -0.476. The smallest absolute Gasteiger partial charge is 0.240 e. The highest BCUT2D eigenvalue weighted by atomic mass is 16.2. The number of hydrogen-bond donors (Lipinski definition) is 3. The highest BCUT2D eigenvalue weighted by Crippen LogP contribution is 2.27. The van der Waals surface area contributed by atoms with Crippen molar-refractivity contribution in [3.63, 3.8) is 0 Å². The number of nitrogens with one attached hydrogen (secondary N) is 2. The average molecular weight is 242 g/mol. The van der Waals surface area contributed by atoms with Crippen molar-refractivity contribution < 1.29 is 4.79 Å². The molecule has 0 unspecified atom stereocenters. The van der Waals surface area contributed by atoms with Crippen molar-refractivity contribution in [1.29, 1.82) is 0 Å². The number of hydrogen-bond acceptors (Lipinski definition) is 4. The minimum Gasteiger partial charge on any atom is -0.353 e. The van der Waals surface area contributed by atoms with E-state index in [4.69, 9.17) is 5.73 Å². The van der Waals surface area contributed by atoms with Gasteiger partial charge in [0.15, 0.2) is 0 Å². The third kappa shape index (κ3) is 3.94. The molecule has 4 N–H and O–H groups in total. The van der Waals surface area contributed by atoms with Crippen LogP contribution in [0.5, 0.6) is 0 Å². The van der Waals surface area contributed by atoms with Gasteiger partial charge in [0.2, 0.25) is 5.91 Å². The normalized spacial score (nSPS) is 29.4. The van der Waals surface area contributed by atoms with Crippen LogP contribution in [0.4, 0.5) is 0 Å². The number of amides is 1. The van der Waals surface area contributed by atoms with Crippen LogP contribution in [0.25, 0.3) is 0 Å². The molecule has 0 aromatic carbocycles. The van der Waals surface area contributed by atoms with Crippen molar-refractivity contribution in [3.05, 3.63) is 0 Å². The van der Waals surface area contributed by atoms with Gasteiger partial charge in [0.1, 0.15) is 0 Å². The van der Waals surface area contributed by atoms with E-state index < -0.39 is 5.54 Å². The van der Waals surface area contributed by atoms with E-state index in [9.17, 15) is 4.79 Å². The monoisotopic (exact) mass is 242 g/mol. The van der Waals surface area contributed by atoms with Gasteiger partial charge in [0.25, 0.3) is 0 Å². The number of carbonyl (C=O) groups excluding carboxylic acids is 1. The number of rotatable bonds is 5. The summed E-state index contributed by atoms with van der Waals surface area (Å²) in [5, 5.41) is 6.20. The van der Waals surface area contributed by atoms with Crippen LogP contribution in [0.15, 0.2) is 0 Å². The minimum atomic E-state index is -0.401. The van der Waals surface area contributed by atoms with E-state index in [1.165, 1.54) is 0 Å². The second-order valence-corrected chi connectivity index (χ2v) is 5.23. The molecule has 1 rings (SSSR count). The molecule has 1 saturated carbocycles. The molecule has 1 fully saturated rings. The summed E-state index contributed by atoms with van der Waals surface area (Å²) in [6.45, 7) is 1.56. The van der Waals surface area contributed by atoms with Crippen LogP contribution in [-0.4, -0.2) is 56.6 Å². The largest absolute Gasteiger partial charge is 0.353 e. The SMILES string of the molecule is CNC1(C(=O)NCCN(C)C)CCC(N)CC1. The maximum Gasteiger partial charge on any atom is 0.240 e. The average Bonchev–Trinajstić information content (AvgIpc) is 2.30. The van der Waals surface area contributed by atoms with E-state index in [1.807, 2.05) is 21.1 Å². The van der Waals surface area contributed by atoms with Crippen LogP contribution in [0, 0.1) is 0 Å². The van der Waals surface area contributed by atoms with Gasteiger partial charge in [0.05, 0.1) is 5.54 Å². The molecular formula is C12H26N4O. The fraction of sp³-hybridized carbons (Fsp3) is 0.917. The van der Waals surface area contributed by atoms with Gasteiger partial charge < -0.3 is 21.3 Å². The van der Waals surface area contributed by atoms with Gasteiger partial charge >= 0.3 is 0 Å². The third-order valence-corrected chi connectivity index (χ3v) is 3.64. The molecule has 0 atom stereocenters. The Morgan fingerprint density at radius 2 is 2.00 bits per heavy atom. The van der Waals surface area contributed by atoms with Gasteiger partial charge in [-0.1, -0.05) is 0 Å². The van der Waals surface area contributed by atoms with Gasteiger partial charge in [0, 0.05) is 19.1 Å². The van der Waals surface area contributed by atoms with Crippen LogP contribution >= 0.6 is 0 Å². The summed E-state index contributed by atoms with van der Waals surface area (Å²) in [5.74, 6) is 0.119. The Morgan fingerprint density at radius 3 is 2.47 bits per heavy atom. The van der Waals surface area contributed by atoms with Crippen molar-refractivity contribution >= 4 is 5.91 Å². The topological polar surface area (TPSA) is 70.4 Å². The predicted molar refractivity (Wildman–Crippen MR) is 69.8 cm³/mol. The fourth-order valence-electron chi connectivity index (χ4n) is 2.29. The van der Waals surface area contributed by atoms with E-state index in [-0.39, 0.29) is 11.9 Å². The van der Waals surface area contributed by atoms with Crippen LogP contribution in [0.1, 0.15) is 25.7 Å². The summed E-state index contributed by atoms with van der Waals surface area (Å²) >= 11 is 0. The molecule has 0 heterocycles. The first-order chi connectivity index (χ1) is 8.00. The fourth-order valence-corrected chi connectivity index (χ4v) is 2.29. The van der Waals surface area contributed by atoms with Crippen LogP contribution in [0.2, 0.25) is 0 Å². The zero-order valence-corrected chi connectivity index (χ0v) is 11.3. The zero-order chi connectivity index (χ0) is 12.9. The second-order valence-electron chi connectivity index (χ2n) is 5.23. The Morgan fingerprint density at radius 1 is 1.41 bits per heavy atom. The molecule has 5 heteroatoms. The van der Waals surface area contributed by atoms with Crippen molar-refractivity contribution in [2.45, 2.75) is 37.3 Å². The highest BCUT2D eigenvalue weighted by molar-refractivity contribution is 5.86. The molecule has 0 aliphatic heterocycles. The molecular weight excluding hydrogens is 216 g/mol. The van der Waals surface area contributed by atoms with Gasteiger partial charge in [-0.05, 0) is 46.8 Å². The van der Waals surface area contributed by atoms with E-state index in [1.54, 1.807) is 0 Å². The van der Waals surface area contributed by atoms with Gasteiger partial charge in [-0.2, -0.15) is 0 Å². The Hall–Kier alpha value is -0.650. The third-order valence-electron chi connectivity index (χ3n) is 3.64. The molecule has 0 saturated heterocycles. The molecule has 0 spiro atoms. The molecule has 0 aromatic heterocycles. The van der Waals surface area contributed by atoms with E-state index in [0.29, 0.717) is 6.54 Å². The molecule has 0 aromatic rings. The maximum atomic E-state index is 12.2. The van der Waals surface area contributed by atoms with Crippen molar-refractivity contribution in [2.24, 2.45) is 5.73 Å². The molecule has 5 nitrogen and oxygen atoms in total. The van der Waals surface area contributed by atoms with Crippen molar-refractivity contribution in [2.75, 3.05) is 34.2 Å². The van der Waals surface area contributed by atoms with Crippen molar-refractivity contribution in [1.82, 2.24) is 15.5 Å². The summed E-state index contributed by atoms with van der Waals surface area (Å²) in [6.07, 6.45) is 3.50. The van der Waals surface area contributed by atoms with E-state index in [0.717, 1.165) is 32.2 Å². The number of nitrogens with zero attached hydrogens (tertiary/aromatic N) is 1. The van der Waals surface area contributed by atoms with Gasteiger partial charge in [-0.25, -0.2) is 0 Å². The summed E-state index contributed by atoms with van der Waals surface area (Å²) in [5.41, 5.74) is 5.48. The van der Waals surface area contributed by atoms with Crippen LogP contribution in [0.3, 0.4) is 0 Å². The first-order valence-corrected chi connectivity index (χ1v) is 6.38. The first kappa shape index (κ1) is 14.4. The van der Waals surface area contributed by atoms with E-state index in [2.05, 4.69) is 15.5 Å². The summed E-state index contributed by atoms with van der Waals surface area (Å²) < 4.78 is 0. The maximum absolute atomic E-state index is 12.2. The molecule has 1 aliphatic rings. The quantitative estimate of drug-likeness (QED) is 0.609. The summed E-state index contributed by atoms with van der Waals surface area (Å²) in [4.78, 5) is 14.3. The van der Waals surface area contributed by atoms with Gasteiger partial charge in [-0.15, -0.1) is 0 Å². The molecule has 1 aliphatic carbocycles. The summed E-state index contributed by atoms with van der Waals surface area (Å²) in [7, 11) is 5.86. The molecule has 17 heavy (non-hydrogen) atoms. The lowest BCUT2D eigenvalue weighted by molar-refractivity contribution is -0.128. The van der Waals surface area contributed by atoms with Crippen LogP contribution < -0.4 is 16.4 Å². The second kappa shape index (κ2) is 6.33. The number of carbonyl (C=O) groups is 1.